The number of halogens is 7. The predicted octanol–water partition coefficient (Wildman–Crippen LogP) is 6.88. The number of benzene rings is 1. The van der Waals surface area contributed by atoms with E-state index in [4.69, 9.17) is 23.2 Å². The number of aromatic nitrogens is 4. The Bertz CT molecular complexity index is 1210. The highest BCUT2D eigenvalue weighted by molar-refractivity contribution is 9.11. The van der Waals surface area contributed by atoms with Crippen LogP contribution in [0, 0.1) is 0 Å². The molecule has 6 nitrogen and oxygen atoms in total. The van der Waals surface area contributed by atoms with Gasteiger partial charge in [-0.05, 0) is 62.4 Å². The summed E-state index contributed by atoms with van der Waals surface area (Å²) in [6.45, 7) is 0.377. The average Bonchev–Trinajstić information content (AvgIpc) is 3.41. The SMILES string of the molecule is O=C(CCn1nc(C(F)(F)F)c(Br)c1C1CC1)Nc1nn(Cc2ccc(Cl)cc2Cl)cc1Br. The third kappa shape index (κ3) is 5.75. The number of alkyl halides is 3. The molecule has 2 aromatic heterocycles. The number of nitrogens with one attached hydrogen (secondary N) is 1. The van der Waals surface area contributed by atoms with Crippen molar-refractivity contribution >= 4 is 66.8 Å². The second kappa shape index (κ2) is 9.59. The minimum Gasteiger partial charge on any atom is -0.308 e. The lowest BCUT2D eigenvalue weighted by molar-refractivity contribution is -0.142. The van der Waals surface area contributed by atoms with Gasteiger partial charge in [0.25, 0.3) is 0 Å². The van der Waals surface area contributed by atoms with E-state index in [2.05, 4.69) is 47.4 Å². The van der Waals surface area contributed by atoms with E-state index in [1.165, 1.54) is 4.68 Å². The van der Waals surface area contributed by atoms with Crippen LogP contribution in [0.5, 0.6) is 0 Å². The minimum atomic E-state index is -4.57. The van der Waals surface area contributed by atoms with E-state index in [1.54, 1.807) is 29.1 Å². The molecule has 1 N–H and O–H groups in total. The Labute approximate surface area is 213 Å². The fourth-order valence-electron chi connectivity index (χ4n) is 3.34. The average molecular weight is 630 g/mol. The summed E-state index contributed by atoms with van der Waals surface area (Å²) in [5.74, 6) is -0.0758. The summed E-state index contributed by atoms with van der Waals surface area (Å²) < 4.78 is 43.1. The zero-order valence-corrected chi connectivity index (χ0v) is 21.4. The van der Waals surface area contributed by atoms with Crippen LogP contribution >= 0.6 is 55.1 Å². The van der Waals surface area contributed by atoms with E-state index in [1.807, 2.05) is 0 Å². The quantitative estimate of drug-likeness (QED) is 0.310. The number of carbonyl (C=O) groups excluding carboxylic acids is 1. The van der Waals surface area contributed by atoms with Crippen molar-refractivity contribution in [2.45, 2.75) is 44.4 Å². The van der Waals surface area contributed by atoms with Crippen molar-refractivity contribution < 1.29 is 18.0 Å². The molecule has 1 aliphatic carbocycles. The molecule has 3 aromatic rings. The van der Waals surface area contributed by atoms with Crippen LogP contribution in [0.4, 0.5) is 19.0 Å². The Morgan fingerprint density at radius 3 is 2.58 bits per heavy atom. The molecule has 0 saturated heterocycles. The van der Waals surface area contributed by atoms with Gasteiger partial charge >= 0.3 is 6.18 Å². The van der Waals surface area contributed by atoms with Crippen LogP contribution < -0.4 is 5.32 Å². The maximum Gasteiger partial charge on any atom is 0.436 e. The van der Waals surface area contributed by atoms with Gasteiger partial charge in [0.05, 0.1) is 27.7 Å². The molecule has 176 valence electrons. The van der Waals surface area contributed by atoms with Crippen molar-refractivity contribution in [3.05, 3.63) is 60.3 Å². The lowest BCUT2D eigenvalue weighted by Crippen LogP contribution is -2.17. The number of aryl methyl sites for hydroxylation is 1. The molecule has 0 unspecified atom stereocenters. The van der Waals surface area contributed by atoms with E-state index in [-0.39, 0.29) is 23.4 Å². The Balaban J connectivity index is 1.42. The van der Waals surface area contributed by atoms with Gasteiger partial charge in [-0.1, -0.05) is 29.3 Å². The first-order chi connectivity index (χ1) is 15.5. The Morgan fingerprint density at radius 2 is 1.94 bits per heavy atom. The summed E-state index contributed by atoms with van der Waals surface area (Å²) in [5, 5.41) is 11.8. The summed E-state index contributed by atoms with van der Waals surface area (Å²) in [6.07, 6.45) is -1.34. The normalized spacial score (nSPS) is 14.0. The van der Waals surface area contributed by atoms with Gasteiger partial charge in [0.15, 0.2) is 11.5 Å². The van der Waals surface area contributed by atoms with Gasteiger partial charge in [-0.3, -0.25) is 14.2 Å². The summed E-state index contributed by atoms with van der Waals surface area (Å²) in [6, 6.07) is 5.14. The van der Waals surface area contributed by atoms with Crippen LogP contribution in [0.25, 0.3) is 0 Å². The standard InChI is InChI=1S/C20H16Br2Cl2F3N5O/c21-13-9-31(8-11-3-4-12(23)7-14(11)24)30-19(13)28-15(33)5-6-32-17(10-1-2-10)16(22)18(29-32)20(25,26)27/h3-4,7,9-10H,1-2,5-6,8H2,(H,28,30,33). The van der Waals surface area contributed by atoms with Crippen molar-refractivity contribution in [1.82, 2.24) is 19.6 Å². The van der Waals surface area contributed by atoms with E-state index in [0.29, 0.717) is 32.6 Å². The van der Waals surface area contributed by atoms with Crippen LogP contribution in [0.15, 0.2) is 33.3 Å². The van der Waals surface area contributed by atoms with Crippen molar-refractivity contribution in [1.29, 1.82) is 0 Å². The van der Waals surface area contributed by atoms with E-state index in [9.17, 15) is 18.0 Å². The van der Waals surface area contributed by atoms with Crippen molar-refractivity contribution in [3.8, 4) is 0 Å². The second-order valence-electron chi connectivity index (χ2n) is 7.60. The first-order valence-electron chi connectivity index (χ1n) is 9.83. The van der Waals surface area contributed by atoms with Crippen LogP contribution in [0.1, 0.15) is 42.1 Å². The van der Waals surface area contributed by atoms with Crippen LogP contribution in [-0.2, 0) is 24.1 Å². The zero-order chi connectivity index (χ0) is 23.9. The van der Waals surface area contributed by atoms with Gasteiger partial charge in [-0.2, -0.15) is 23.4 Å². The van der Waals surface area contributed by atoms with Gasteiger partial charge in [0, 0.05) is 28.6 Å². The summed E-state index contributed by atoms with van der Waals surface area (Å²) >= 11 is 18.5. The first-order valence-corrected chi connectivity index (χ1v) is 12.2. The second-order valence-corrected chi connectivity index (χ2v) is 10.1. The van der Waals surface area contributed by atoms with Gasteiger partial charge in [-0.15, -0.1) is 0 Å². The third-order valence-corrected chi connectivity index (χ3v) is 6.99. The highest BCUT2D eigenvalue weighted by Gasteiger charge is 2.41. The first kappa shape index (κ1) is 24.6. The fourth-order valence-corrected chi connectivity index (χ4v) is 5.06. The monoisotopic (exact) mass is 627 g/mol. The molecule has 4 rings (SSSR count). The van der Waals surface area contributed by atoms with Gasteiger partial charge in [-0.25, -0.2) is 0 Å². The van der Waals surface area contributed by atoms with Gasteiger partial charge < -0.3 is 5.32 Å². The number of nitrogens with zero attached hydrogens (tertiary/aromatic N) is 4. The zero-order valence-electron chi connectivity index (χ0n) is 16.8. The maximum atomic E-state index is 13.2. The molecule has 1 aromatic carbocycles. The number of carbonyl (C=O) groups is 1. The molecule has 0 aliphatic heterocycles. The molecule has 0 atom stereocenters. The number of amides is 1. The third-order valence-electron chi connectivity index (χ3n) is 5.04. The molecule has 1 saturated carbocycles. The van der Waals surface area contributed by atoms with E-state index < -0.39 is 17.8 Å². The highest BCUT2D eigenvalue weighted by Crippen LogP contribution is 2.47. The summed E-state index contributed by atoms with van der Waals surface area (Å²) in [4.78, 5) is 12.5. The summed E-state index contributed by atoms with van der Waals surface area (Å²) in [7, 11) is 0. The molecule has 0 radical (unpaired) electrons. The fraction of sp³-hybridized carbons (Fsp3) is 0.350. The number of anilines is 1. The number of rotatable bonds is 7. The van der Waals surface area contributed by atoms with Crippen LogP contribution in [0.2, 0.25) is 10.0 Å². The molecular weight excluding hydrogens is 614 g/mol. The Morgan fingerprint density at radius 1 is 1.21 bits per heavy atom. The van der Waals surface area contributed by atoms with Crippen molar-refractivity contribution in [2.24, 2.45) is 0 Å². The topological polar surface area (TPSA) is 64.7 Å². The Kier molecular flexibility index (Phi) is 7.14. The Hall–Kier alpha value is -1.56. The van der Waals surface area contributed by atoms with Crippen molar-refractivity contribution in [2.75, 3.05) is 5.32 Å². The molecule has 2 heterocycles. The molecule has 13 heteroatoms. The molecule has 1 amide bonds. The lowest BCUT2D eigenvalue weighted by atomic mass is 10.2. The maximum absolute atomic E-state index is 13.2. The number of hydrogen-bond donors (Lipinski definition) is 1. The molecule has 1 fully saturated rings. The van der Waals surface area contributed by atoms with Crippen LogP contribution in [0.3, 0.4) is 0 Å². The van der Waals surface area contributed by atoms with E-state index >= 15 is 0 Å². The van der Waals surface area contributed by atoms with Crippen molar-refractivity contribution in [3.63, 3.8) is 0 Å². The van der Waals surface area contributed by atoms with Crippen LogP contribution in [-0.4, -0.2) is 25.5 Å². The van der Waals surface area contributed by atoms with Gasteiger partial charge in [0.1, 0.15) is 0 Å². The highest BCUT2D eigenvalue weighted by atomic mass is 79.9. The minimum absolute atomic E-state index is 0.0189. The molecular formula is C20H16Br2Cl2F3N5O. The molecule has 0 bridgehead atoms. The van der Waals surface area contributed by atoms with E-state index in [0.717, 1.165) is 18.4 Å². The van der Waals surface area contributed by atoms with Gasteiger partial charge in [0.2, 0.25) is 5.91 Å². The number of hydrogen-bond acceptors (Lipinski definition) is 3. The molecule has 1 aliphatic rings. The molecule has 33 heavy (non-hydrogen) atoms. The largest absolute Gasteiger partial charge is 0.436 e. The lowest BCUT2D eigenvalue weighted by Gasteiger charge is -2.07. The molecule has 0 spiro atoms. The smallest absolute Gasteiger partial charge is 0.308 e. The predicted molar refractivity (Wildman–Crippen MR) is 126 cm³/mol. The summed E-state index contributed by atoms with van der Waals surface area (Å²) in [5.41, 5.74) is 0.318.